The molecule has 0 aliphatic carbocycles. The topological polar surface area (TPSA) is 40.6 Å². The van der Waals surface area contributed by atoms with Gasteiger partial charge in [0.15, 0.2) is 0 Å². The molecule has 0 rings (SSSR count). The van der Waals surface area contributed by atoms with E-state index in [1.165, 1.54) is 7.05 Å². The Morgan fingerprint density at radius 2 is 1.67 bits per heavy atom. The van der Waals surface area contributed by atoms with E-state index in [4.69, 9.17) is 10.7 Å². The summed E-state index contributed by atoms with van der Waals surface area (Å²) in [5.74, 6) is 0. The van der Waals surface area contributed by atoms with Crippen molar-refractivity contribution in [1.82, 2.24) is 9.21 Å². The predicted molar refractivity (Wildman–Crippen MR) is 50.6 cm³/mol. The van der Waals surface area contributed by atoms with Crippen LogP contribution in [0.15, 0.2) is 0 Å². The Labute approximate surface area is 78.7 Å². The van der Waals surface area contributed by atoms with E-state index in [0.717, 1.165) is 17.3 Å². The monoisotopic (exact) mass is 214 g/mol. The summed E-state index contributed by atoms with van der Waals surface area (Å²) in [6.45, 7) is 1.32. The van der Waals surface area contributed by atoms with Gasteiger partial charge < -0.3 is 4.90 Å². The lowest BCUT2D eigenvalue weighted by Crippen LogP contribution is -2.26. The molecule has 4 nitrogen and oxygen atoms in total. The molecule has 12 heavy (non-hydrogen) atoms. The molecule has 0 saturated heterocycles. The lowest BCUT2D eigenvalue weighted by atomic mass is 10.4. The molecule has 0 aliphatic heterocycles. The SMILES string of the molecule is CN(C)CCCN(C)S(=O)(=O)Cl. The van der Waals surface area contributed by atoms with Crippen LogP contribution in [0, 0.1) is 0 Å². The largest absolute Gasteiger partial charge is 0.309 e. The first-order chi connectivity index (χ1) is 5.34. The lowest BCUT2D eigenvalue weighted by molar-refractivity contribution is 0.372. The smallest absolute Gasteiger partial charge is 0.299 e. The quantitative estimate of drug-likeness (QED) is 0.621. The Hall–Kier alpha value is 0.160. The summed E-state index contributed by atoms with van der Waals surface area (Å²) in [6.07, 6.45) is 0.787. The molecule has 0 saturated carbocycles. The van der Waals surface area contributed by atoms with Crippen LogP contribution in [0.4, 0.5) is 0 Å². The third-order valence-corrected chi connectivity index (χ3v) is 3.08. The fraction of sp³-hybridized carbons (Fsp3) is 1.00. The second kappa shape index (κ2) is 5.01. The summed E-state index contributed by atoms with van der Waals surface area (Å²) in [6, 6.07) is 0. The zero-order chi connectivity index (χ0) is 9.78. The Bertz CT molecular complexity index is 216. The van der Waals surface area contributed by atoms with E-state index < -0.39 is 9.24 Å². The van der Waals surface area contributed by atoms with Gasteiger partial charge in [0, 0.05) is 24.3 Å². The minimum absolute atomic E-state index is 0.462. The van der Waals surface area contributed by atoms with Crippen LogP contribution in [-0.4, -0.2) is 51.9 Å². The van der Waals surface area contributed by atoms with Gasteiger partial charge in [-0.2, -0.15) is 12.7 Å². The summed E-state index contributed by atoms with van der Waals surface area (Å²) < 4.78 is 22.5. The summed E-state index contributed by atoms with van der Waals surface area (Å²) in [5, 5.41) is 0. The van der Waals surface area contributed by atoms with Crippen LogP contribution in [0.25, 0.3) is 0 Å². The second-order valence-electron chi connectivity index (χ2n) is 2.92. The Kier molecular flexibility index (Phi) is 5.08. The maximum atomic E-state index is 10.7. The maximum Gasteiger partial charge on any atom is 0.299 e. The van der Waals surface area contributed by atoms with Crippen LogP contribution in [0.1, 0.15) is 6.42 Å². The Morgan fingerprint density at radius 1 is 1.17 bits per heavy atom. The van der Waals surface area contributed by atoms with Crippen molar-refractivity contribution in [2.45, 2.75) is 6.42 Å². The average Bonchev–Trinajstić information content (AvgIpc) is 1.84. The van der Waals surface area contributed by atoms with Crippen molar-refractivity contribution >= 4 is 19.9 Å². The van der Waals surface area contributed by atoms with Gasteiger partial charge in [-0.15, -0.1) is 0 Å². The van der Waals surface area contributed by atoms with Crippen LogP contribution in [0.3, 0.4) is 0 Å². The summed E-state index contributed by atoms with van der Waals surface area (Å²) >= 11 is 0. The van der Waals surface area contributed by atoms with Gasteiger partial charge in [-0.05, 0) is 27.1 Å². The zero-order valence-corrected chi connectivity index (χ0v) is 9.19. The van der Waals surface area contributed by atoms with Crippen LogP contribution in [0.5, 0.6) is 0 Å². The molecule has 0 spiro atoms. The molecule has 0 bridgehead atoms. The highest BCUT2D eigenvalue weighted by Gasteiger charge is 2.12. The van der Waals surface area contributed by atoms with Gasteiger partial charge >= 0.3 is 0 Å². The zero-order valence-electron chi connectivity index (χ0n) is 7.62. The van der Waals surface area contributed by atoms with Crippen LogP contribution in [-0.2, 0) is 9.24 Å². The van der Waals surface area contributed by atoms with Crippen LogP contribution < -0.4 is 0 Å². The van der Waals surface area contributed by atoms with Crippen molar-refractivity contribution in [3.63, 3.8) is 0 Å². The van der Waals surface area contributed by atoms with E-state index in [-0.39, 0.29) is 0 Å². The van der Waals surface area contributed by atoms with E-state index in [0.29, 0.717) is 6.54 Å². The number of halogens is 1. The van der Waals surface area contributed by atoms with E-state index in [2.05, 4.69) is 0 Å². The van der Waals surface area contributed by atoms with Crippen molar-refractivity contribution in [2.75, 3.05) is 34.2 Å². The minimum Gasteiger partial charge on any atom is -0.309 e. The molecule has 74 valence electrons. The molecule has 0 atom stereocenters. The highest BCUT2D eigenvalue weighted by molar-refractivity contribution is 8.11. The Balaban J connectivity index is 3.66. The Morgan fingerprint density at radius 3 is 2.00 bits per heavy atom. The first-order valence-corrected chi connectivity index (χ1v) is 5.91. The van der Waals surface area contributed by atoms with Gasteiger partial charge in [-0.25, -0.2) is 0 Å². The summed E-state index contributed by atoms with van der Waals surface area (Å²) in [4.78, 5) is 1.99. The van der Waals surface area contributed by atoms with E-state index in [9.17, 15) is 8.42 Å². The molecule has 0 radical (unpaired) electrons. The first kappa shape index (κ1) is 12.2. The number of hydrogen-bond acceptors (Lipinski definition) is 3. The molecule has 0 aliphatic rings. The number of nitrogens with zero attached hydrogens (tertiary/aromatic N) is 2. The molecule has 0 aromatic heterocycles. The third kappa shape index (κ3) is 5.77. The van der Waals surface area contributed by atoms with Crippen molar-refractivity contribution in [1.29, 1.82) is 0 Å². The van der Waals surface area contributed by atoms with Crippen molar-refractivity contribution < 1.29 is 8.42 Å². The summed E-state index contributed by atoms with van der Waals surface area (Å²) in [7, 11) is 6.92. The lowest BCUT2D eigenvalue weighted by Gasteiger charge is -2.14. The average molecular weight is 215 g/mol. The fourth-order valence-electron chi connectivity index (χ4n) is 0.719. The van der Waals surface area contributed by atoms with Crippen molar-refractivity contribution in [3.05, 3.63) is 0 Å². The standard InChI is InChI=1S/C6H15ClN2O2S/c1-8(2)5-4-6-9(3)12(7,10)11/h4-6H2,1-3H3. The molecule has 0 aromatic carbocycles. The molecule has 0 fully saturated rings. The molecule has 0 N–H and O–H groups in total. The molecule has 6 heteroatoms. The van der Waals surface area contributed by atoms with E-state index in [1.807, 2.05) is 19.0 Å². The van der Waals surface area contributed by atoms with E-state index in [1.54, 1.807) is 0 Å². The van der Waals surface area contributed by atoms with Crippen molar-refractivity contribution in [3.8, 4) is 0 Å². The molecule has 0 unspecified atom stereocenters. The van der Waals surface area contributed by atoms with Gasteiger partial charge in [-0.1, -0.05) is 0 Å². The van der Waals surface area contributed by atoms with Crippen LogP contribution in [0.2, 0.25) is 0 Å². The number of rotatable bonds is 5. The molecule has 0 aromatic rings. The molecule has 0 heterocycles. The predicted octanol–water partition coefficient (Wildman–Crippen LogP) is 0.353. The van der Waals surface area contributed by atoms with Gasteiger partial charge in [-0.3, -0.25) is 0 Å². The minimum atomic E-state index is -3.51. The number of hydrogen-bond donors (Lipinski definition) is 0. The summed E-state index contributed by atoms with van der Waals surface area (Å²) in [5.41, 5.74) is 0. The first-order valence-electron chi connectivity index (χ1n) is 3.64. The van der Waals surface area contributed by atoms with Gasteiger partial charge in [0.05, 0.1) is 0 Å². The van der Waals surface area contributed by atoms with Gasteiger partial charge in [0.1, 0.15) is 0 Å². The molecular formula is C6H15ClN2O2S. The van der Waals surface area contributed by atoms with E-state index >= 15 is 0 Å². The highest BCUT2D eigenvalue weighted by Crippen LogP contribution is 2.03. The fourth-order valence-corrected chi connectivity index (χ4v) is 1.27. The normalized spacial score (nSPS) is 12.8. The molecule has 0 amide bonds. The van der Waals surface area contributed by atoms with Gasteiger partial charge in [0.25, 0.3) is 9.24 Å². The highest BCUT2D eigenvalue weighted by atomic mass is 35.7. The van der Waals surface area contributed by atoms with Crippen molar-refractivity contribution in [2.24, 2.45) is 0 Å². The van der Waals surface area contributed by atoms with Gasteiger partial charge in [0.2, 0.25) is 0 Å². The molecular weight excluding hydrogens is 200 g/mol. The van der Waals surface area contributed by atoms with Crippen LogP contribution >= 0.6 is 10.7 Å². The second-order valence-corrected chi connectivity index (χ2v) is 5.54. The maximum absolute atomic E-state index is 10.7. The third-order valence-electron chi connectivity index (χ3n) is 1.45.